The molecule has 0 saturated carbocycles. The van der Waals surface area contributed by atoms with E-state index < -0.39 is 5.91 Å². The molecular weight excluding hydrogens is 270 g/mol. The van der Waals surface area contributed by atoms with Gasteiger partial charge in [0.15, 0.2) is 5.43 Å². The number of nitrogens with one attached hydrogen (secondary N) is 1. The van der Waals surface area contributed by atoms with Crippen LogP contribution in [0.3, 0.4) is 0 Å². The molecule has 1 aromatic heterocycles. The second-order valence-electron chi connectivity index (χ2n) is 5.40. The van der Waals surface area contributed by atoms with E-state index in [-0.39, 0.29) is 29.9 Å². The van der Waals surface area contributed by atoms with Gasteiger partial charge in [-0.25, -0.2) is 0 Å². The Morgan fingerprint density at radius 1 is 1.29 bits per heavy atom. The van der Waals surface area contributed by atoms with Gasteiger partial charge in [-0.1, -0.05) is 0 Å². The van der Waals surface area contributed by atoms with Gasteiger partial charge in [0, 0.05) is 51.1 Å². The number of hydrogen-bond donors (Lipinski definition) is 1. The minimum Gasteiger partial charge on any atom is -0.354 e. The van der Waals surface area contributed by atoms with Crippen LogP contribution in [0.1, 0.15) is 35.3 Å². The number of aromatic nitrogens is 1. The zero-order chi connectivity index (χ0) is 15.4. The maximum atomic E-state index is 12.0. The van der Waals surface area contributed by atoms with Gasteiger partial charge in [-0.3, -0.25) is 14.4 Å². The molecule has 1 N–H and O–H groups in total. The summed E-state index contributed by atoms with van der Waals surface area (Å²) >= 11 is 0. The molecule has 2 rings (SSSR count). The molecule has 2 amide bonds. The molecule has 1 aromatic rings. The van der Waals surface area contributed by atoms with Gasteiger partial charge in [0.25, 0.3) is 5.91 Å². The zero-order valence-electron chi connectivity index (χ0n) is 12.5. The van der Waals surface area contributed by atoms with E-state index in [0.717, 1.165) is 31.6 Å². The van der Waals surface area contributed by atoms with Crippen molar-refractivity contribution in [3.05, 3.63) is 33.7 Å². The predicted molar refractivity (Wildman–Crippen MR) is 79.2 cm³/mol. The molecule has 2 heterocycles. The molecule has 0 aromatic carbocycles. The molecule has 114 valence electrons. The summed E-state index contributed by atoms with van der Waals surface area (Å²) in [6, 6.07) is 1.43. The molecule has 0 bridgehead atoms. The van der Waals surface area contributed by atoms with Crippen molar-refractivity contribution in [3.8, 4) is 0 Å². The van der Waals surface area contributed by atoms with Crippen LogP contribution in [0, 0.1) is 6.92 Å². The van der Waals surface area contributed by atoms with Gasteiger partial charge in [0.1, 0.15) is 5.56 Å². The molecule has 21 heavy (non-hydrogen) atoms. The first kappa shape index (κ1) is 15.3. The SMILES string of the molecule is Cc1cc(=O)c(C(=O)NCCC(=O)N2CCCC2)cn1C. The smallest absolute Gasteiger partial charge is 0.256 e. The van der Waals surface area contributed by atoms with Crippen molar-refractivity contribution in [3.63, 3.8) is 0 Å². The first-order valence-corrected chi connectivity index (χ1v) is 7.22. The zero-order valence-corrected chi connectivity index (χ0v) is 12.5. The van der Waals surface area contributed by atoms with E-state index in [4.69, 9.17) is 0 Å². The maximum Gasteiger partial charge on any atom is 0.256 e. The summed E-state index contributed by atoms with van der Waals surface area (Å²) in [5.74, 6) is -0.366. The Balaban J connectivity index is 1.89. The van der Waals surface area contributed by atoms with Crippen LogP contribution < -0.4 is 10.7 Å². The van der Waals surface area contributed by atoms with E-state index in [0.29, 0.717) is 0 Å². The number of carbonyl (C=O) groups excluding carboxylic acids is 2. The van der Waals surface area contributed by atoms with Gasteiger partial charge in [0.05, 0.1) is 0 Å². The first-order valence-electron chi connectivity index (χ1n) is 7.22. The van der Waals surface area contributed by atoms with Gasteiger partial charge < -0.3 is 14.8 Å². The number of pyridine rings is 1. The monoisotopic (exact) mass is 291 g/mol. The summed E-state index contributed by atoms with van der Waals surface area (Å²) in [5, 5.41) is 2.64. The van der Waals surface area contributed by atoms with E-state index in [1.54, 1.807) is 18.5 Å². The van der Waals surface area contributed by atoms with Crippen molar-refractivity contribution in [2.24, 2.45) is 7.05 Å². The predicted octanol–water partition coefficient (Wildman–Crippen LogP) is 0.436. The van der Waals surface area contributed by atoms with E-state index >= 15 is 0 Å². The van der Waals surface area contributed by atoms with Crippen molar-refractivity contribution in [2.75, 3.05) is 19.6 Å². The summed E-state index contributed by atoms with van der Waals surface area (Å²) in [5.41, 5.74) is 0.603. The highest BCUT2D eigenvalue weighted by Crippen LogP contribution is 2.08. The van der Waals surface area contributed by atoms with Gasteiger partial charge in [-0.15, -0.1) is 0 Å². The van der Waals surface area contributed by atoms with Crippen molar-refractivity contribution in [1.29, 1.82) is 0 Å². The number of nitrogens with zero attached hydrogens (tertiary/aromatic N) is 2. The summed E-state index contributed by atoms with van der Waals surface area (Å²) in [7, 11) is 1.78. The topological polar surface area (TPSA) is 71.4 Å². The van der Waals surface area contributed by atoms with Crippen LogP contribution in [-0.2, 0) is 11.8 Å². The van der Waals surface area contributed by atoms with Crippen LogP contribution in [0.15, 0.2) is 17.1 Å². The first-order chi connectivity index (χ1) is 9.99. The fourth-order valence-electron chi connectivity index (χ4n) is 2.40. The van der Waals surface area contributed by atoms with Crippen LogP contribution in [0.5, 0.6) is 0 Å². The van der Waals surface area contributed by atoms with Crippen LogP contribution >= 0.6 is 0 Å². The third kappa shape index (κ3) is 3.71. The van der Waals surface area contributed by atoms with Crippen molar-refractivity contribution in [1.82, 2.24) is 14.8 Å². The number of rotatable bonds is 4. The third-order valence-electron chi connectivity index (χ3n) is 3.81. The quantitative estimate of drug-likeness (QED) is 0.875. The lowest BCUT2D eigenvalue weighted by Gasteiger charge is -2.15. The Bertz CT molecular complexity index is 601. The van der Waals surface area contributed by atoms with E-state index in [1.165, 1.54) is 12.3 Å². The summed E-state index contributed by atoms with van der Waals surface area (Å²) < 4.78 is 1.73. The van der Waals surface area contributed by atoms with Crippen LogP contribution in [0.4, 0.5) is 0 Å². The molecule has 6 heteroatoms. The average Bonchev–Trinajstić information content (AvgIpc) is 2.96. The molecule has 6 nitrogen and oxygen atoms in total. The molecular formula is C15H21N3O3. The highest BCUT2D eigenvalue weighted by Gasteiger charge is 2.18. The van der Waals surface area contributed by atoms with Crippen LogP contribution in [0.25, 0.3) is 0 Å². The summed E-state index contributed by atoms with van der Waals surface area (Å²) in [6.45, 7) is 3.68. The molecule has 0 radical (unpaired) electrons. The Labute approximate surface area is 123 Å². The maximum absolute atomic E-state index is 12.0. The van der Waals surface area contributed by atoms with Crippen molar-refractivity contribution < 1.29 is 9.59 Å². The summed E-state index contributed by atoms with van der Waals surface area (Å²) in [4.78, 5) is 37.4. The number of amides is 2. The van der Waals surface area contributed by atoms with E-state index in [1.807, 2.05) is 4.90 Å². The largest absolute Gasteiger partial charge is 0.354 e. The van der Waals surface area contributed by atoms with Gasteiger partial charge >= 0.3 is 0 Å². The minimum absolute atomic E-state index is 0.0598. The van der Waals surface area contributed by atoms with Gasteiger partial charge in [0.2, 0.25) is 5.91 Å². The molecule has 0 spiro atoms. The van der Waals surface area contributed by atoms with Gasteiger partial charge in [-0.2, -0.15) is 0 Å². The molecule has 0 aliphatic carbocycles. The lowest BCUT2D eigenvalue weighted by Crippen LogP contribution is -2.34. The lowest BCUT2D eigenvalue weighted by molar-refractivity contribution is -0.129. The molecule has 1 saturated heterocycles. The number of carbonyl (C=O) groups is 2. The van der Waals surface area contributed by atoms with E-state index in [9.17, 15) is 14.4 Å². The minimum atomic E-state index is -0.426. The average molecular weight is 291 g/mol. The lowest BCUT2D eigenvalue weighted by atomic mass is 10.2. The van der Waals surface area contributed by atoms with Crippen LogP contribution in [-0.4, -0.2) is 40.9 Å². The Morgan fingerprint density at radius 3 is 2.62 bits per heavy atom. The van der Waals surface area contributed by atoms with Crippen molar-refractivity contribution >= 4 is 11.8 Å². The highest BCUT2D eigenvalue weighted by molar-refractivity contribution is 5.94. The number of likely N-dealkylation sites (tertiary alicyclic amines) is 1. The highest BCUT2D eigenvalue weighted by atomic mass is 16.2. The second-order valence-corrected chi connectivity index (χ2v) is 5.40. The standard InChI is InChI=1S/C15H21N3O3/c1-11-9-13(19)12(10-17(11)2)15(21)16-6-5-14(20)18-7-3-4-8-18/h9-10H,3-8H2,1-2H3,(H,16,21). The van der Waals surface area contributed by atoms with Crippen LogP contribution in [0.2, 0.25) is 0 Å². The molecule has 1 fully saturated rings. The van der Waals surface area contributed by atoms with Crippen molar-refractivity contribution in [2.45, 2.75) is 26.2 Å². The Morgan fingerprint density at radius 2 is 1.95 bits per heavy atom. The Hall–Kier alpha value is -2.11. The fraction of sp³-hybridized carbons (Fsp3) is 0.533. The molecule has 0 atom stereocenters. The summed E-state index contributed by atoms with van der Waals surface area (Å²) in [6.07, 6.45) is 3.90. The second kappa shape index (κ2) is 6.56. The number of hydrogen-bond acceptors (Lipinski definition) is 3. The van der Waals surface area contributed by atoms with E-state index in [2.05, 4.69) is 5.32 Å². The van der Waals surface area contributed by atoms with Gasteiger partial charge in [-0.05, 0) is 19.8 Å². The third-order valence-corrected chi connectivity index (χ3v) is 3.81. The molecule has 0 unspecified atom stereocenters. The molecule has 1 aliphatic heterocycles. The number of aryl methyl sites for hydroxylation is 2. The normalized spacial score (nSPS) is 14.3. The molecule has 1 aliphatic rings. The Kier molecular flexibility index (Phi) is 4.77. The fourth-order valence-corrected chi connectivity index (χ4v) is 2.40.